The molecule has 0 aromatic heterocycles. The molecule has 1 fully saturated rings. The van der Waals surface area contributed by atoms with Gasteiger partial charge in [0.25, 0.3) is 0 Å². The summed E-state index contributed by atoms with van der Waals surface area (Å²) in [6, 6.07) is 10.1. The Morgan fingerprint density at radius 2 is 1.63 bits per heavy atom. The molecule has 0 aliphatic heterocycles. The van der Waals surface area contributed by atoms with Gasteiger partial charge in [-0.05, 0) is 54.2 Å². The molecule has 0 radical (unpaired) electrons. The highest BCUT2D eigenvalue weighted by molar-refractivity contribution is 5.44. The maximum absolute atomic E-state index is 11.3. The maximum Gasteiger partial charge on any atom is 0.160 e. The quantitative estimate of drug-likeness (QED) is 0.620. The summed E-state index contributed by atoms with van der Waals surface area (Å²) in [5.74, 6) is 0.441. The van der Waals surface area contributed by atoms with E-state index >= 15 is 0 Å². The number of ether oxygens (including phenoxy) is 2. The number of rotatable bonds is 6. The molecule has 3 rings (SSSR count). The lowest BCUT2D eigenvalue weighted by atomic mass is 9.79. The van der Waals surface area contributed by atoms with Crippen LogP contribution in [0.1, 0.15) is 29.9 Å². The number of benzene rings is 2. The molecule has 0 heterocycles. The molecule has 3 atom stereocenters. The van der Waals surface area contributed by atoms with Gasteiger partial charge < -0.3 is 29.9 Å². The van der Waals surface area contributed by atoms with Crippen molar-refractivity contribution in [3.05, 3.63) is 47.5 Å². The predicted molar refractivity (Wildman–Crippen MR) is 101 cm³/mol. The minimum absolute atomic E-state index is 0.0477. The van der Waals surface area contributed by atoms with Crippen molar-refractivity contribution in [3.8, 4) is 23.0 Å². The number of phenolic OH excluding ortho intramolecular Hbond substituents is 2. The molecule has 6 nitrogen and oxygen atoms in total. The lowest BCUT2D eigenvalue weighted by Crippen LogP contribution is -2.39. The molecule has 0 saturated heterocycles. The number of aromatic hydroxyl groups is 2. The third-order valence-electron chi connectivity index (χ3n) is 5.65. The van der Waals surface area contributed by atoms with Crippen molar-refractivity contribution in [3.63, 3.8) is 0 Å². The van der Waals surface area contributed by atoms with Gasteiger partial charge in [-0.25, -0.2) is 0 Å². The van der Waals surface area contributed by atoms with Crippen LogP contribution in [0.15, 0.2) is 36.4 Å². The summed E-state index contributed by atoms with van der Waals surface area (Å²) < 4.78 is 10.3. The zero-order valence-corrected chi connectivity index (χ0v) is 15.6. The van der Waals surface area contributed by atoms with Crippen molar-refractivity contribution in [2.45, 2.75) is 30.8 Å². The summed E-state index contributed by atoms with van der Waals surface area (Å²) in [7, 11) is 2.97. The van der Waals surface area contributed by atoms with Gasteiger partial charge in [0, 0.05) is 18.9 Å². The Hall–Kier alpha value is -2.44. The van der Waals surface area contributed by atoms with Crippen LogP contribution in [0.5, 0.6) is 23.0 Å². The van der Waals surface area contributed by atoms with E-state index in [0.717, 1.165) is 11.1 Å². The predicted octanol–water partition coefficient (Wildman–Crippen LogP) is 2.57. The molecule has 6 heteroatoms. The fourth-order valence-electron chi connectivity index (χ4n) is 4.19. The van der Waals surface area contributed by atoms with Gasteiger partial charge in [-0.1, -0.05) is 12.1 Å². The fraction of sp³-hybridized carbons (Fsp3) is 0.429. The molecule has 146 valence electrons. The van der Waals surface area contributed by atoms with Crippen LogP contribution in [-0.2, 0) is 6.42 Å². The summed E-state index contributed by atoms with van der Waals surface area (Å²) in [6.45, 7) is -0.153. The average Bonchev–Trinajstić information content (AvgIpc) is 2.99. The second-order valence-corrected chi connectivity index (χ2v) is 7.15. The summed E-state index contributed by atoms with van der Waals surface area (Å²) >= 11 is 0. The van der Waals surface area contributed by atoms with Crippen molar-refractivity contribution < 1.29 is 29.9 Å². The van der Waals surface area contributed by atoms with Gasteiger partial charge in [0.1, 0.15) is 0 Å². The molecule has 1 aliphatic carbocycles. The van der Waals surface area contributed by atoms with Gasteiger partial charge in [0.2, 0.25) is 0 Å². The molecular formula is C21H26O6. The second-order valence-electron chi connectivity index (χ2n) is 7.15. The summed E-state index contributed by atoms with van der Waals surface area (Å²) in [5, 5.41) is 40.9. The van der Waals surface area contributed by atoms with Crippen LogP contribution in [0.2, 0.25) is 0 Å². The van der Waals surface area contributed by atoms with Crippen molar-refractivity contribution in [1.82, 2.24) is 0 Å². The highest BCUT2D eigenvalue weighted by Crippen LogP contribution is 2.48. The lowest BCUT2D eigenvalue weighted by Gasteiger charge is -2.32. The average molecular weight is 374 g/mol. The molecule has 0 spiro atoms. The third-order valence-corrected chi connectivity index (χ3v) is 5.65. The topological polar surface area (TPSA) is 99.4 Å². The number of phenols is 2. The van der Waals surface area contributed by atoms with Crippen LogP contribution >= 0.6 is 0 Å². The zero-order valence-electron chi connectivity index (χ0n) is 15.6. The SMILES string of the molecule is COc1cc(C[C@@]2(O)CC[C@H](c3ccc(O)c(OC)c3)[C@H]2CO)ccc1O. The number of hydrogen-bond donors (Lipinski definition) is 4. The molecule has 0 unspecified atom stereocenters. The van der Waals surface area contributed by atoms with E-state index in [0.29, 0.717) is 30.8 Å². The van der Waals surface area contributed by atoms with E-state index in [9.17, 15) is 20.4 Å². The van der Waals surface area contributed by atoms with Crippen LogP contribution in [0.4, 0.5) is 0 Å². The Balaban J connectivity index is 1.87. The largest absolute Gasteiger partial charge is 0.504 e. The lowest BCUT2D eigenvalue weighted by molar-refractivity contribution is -0.0223. The Labute approximate surface area is 158 Å². The van der Waals surface area contributed by atoms with Gasteiger partial charge in [-0.2, -0.15) is 0 Å². The standard InChI is InChI=1S/C21H26O6/c1-26-19-9-13(3-5-17(19)23)11-21(25)8-7-15(16(21)12-22)14-4-6-18(24)20(10-14)27-2/h3-6,9-10,15-16,22-25H,7-8,11-12H2,1-2H3/t15-,16-,21+/m1/s1. The van der Waals surface area contributed by atoms with Gasteiger partial charge in [0.15, 0.2) is 23.0 Å². The normalized spacial score (nSPS) is 24.7. The van der Waals surface area contributed by atoms with Gasteiger partial charge in [-0.3, -0.25) is 0 Å². The Morgan fingerprint density at radius 1 is 1.00 bits per heavy atom. The number of aliphatic hydroxyl groups excluding tert-OH is 1. The van der Waals surface area contributed by atoms with E-state index in [2.05, 4.69) is 0 Å². The van der Waals surface area contributed by atoms with Crippen molar-refractivity contribution in [2.75, 3.05) is 20.8 Å². The molecule has 4 N–H and O–H groups in total. The van der Waals surface area contributed by atoms with Crippen molar-refractivity contribution in [1.29, 1.82) is 0 Å². The third kappa shape index (κ3) is 3.68. The summed E-state index contributed by atoms with van der Waals surface area (Å²) in [4.78, 5) is 0. The Morgan fingerprint density at radius 3 is 2.26 bits per heavy atom. The van der Waals surface area contributed by atoms with Crippen LogP contribution in [0, 0.1) is 5.92 Å². The molecule has 2 aromatic carbocycles. The number of aliphatic hydroxyl groups is 2. The van der Waals surface area contributed by atoms with E-state index in [1.807, 2.05) is 0 Å². The monoisotopic (exact) mass is 374 g/mol. The summed E-state index contributed by atoms with van der Waals surface area (Å²) in [5.41, 5.74) is 0.671. The van der Waals surface area contributed by atoms with Crippen molar-refractivity contribution >= 4 is 0 Å². The Bertz CT molecular complexity index is 805. The minimum Gasteiger partial charge on any atom is -0.504 e. The van der Waals surface area contributed by atoms with E-state index in [1.54, 1.807) is 36.4 Å². The van der Waals surface area contributed by atoms with Gasteiger partial charge in [-0.15, -0.1) is 0 Å². The first-order chi connectivity index (χ1) is 12.9. The molecule has 0 amide bonds. The smallest absolute Gasteiger partial charge is 0.160 e. The van der Waals surface area contributed by atoms with E-state index in [-0.39, 0.29) is 29.9 Å². The zero-order chi connectivity index (χ0) is 19.6. The first-order valence-electron chi connectivity index (χ1n) is 8.98. The van der Waals surface area contributed by atoms with E-state index in [4.69, 9.17) is 9.47 Å². The van der Waals surface area contributed by atoms with Crippen LogP contribution in [0.25, 0.3) is 0 Å². The van der Waals surface area contributed by atoms with Gasteiger partial charge >= 0.3 is 0 Å². The minimum atomic E-state index is -1.08. The highest BCUT2D eigenvalue weighted by Gasteiger charge is 2.47. The second kappa shape index (κ2) is 7.66. The first-order valence-corrected chi connectivity index (χ1v) is 8.98. The molecule has 0 bridgehead atoms. The highest BCUT2D eigenvalue weighted by atomic mass is 16.5. The molecular weight excluding hydrogens is 348 g/mol. The number of hydrogen-bond acceptors (Lipinski definition) is 6. The Kier molecular flexibility index (Phi) is 5.48. The van der Waals surface area contributed by atoms with Gasteiger partial charge in [0.05, 0.1) is 19.8 Å². The van der Waals surface area contributed by atoms with Crippen LogP contribution in [-0.4, -0.2) is 46.9 Å². The fourth-order valence-corrected chi connectivity index (χ4v) is 4.19. The number of methoxy groups -OCH3 is 2. The van der Waals surface area contributed by atoms with E-state index in [1.165, 1.54) is 14.2 Å². The molecule has 27 heavy (non-hydrogen) atoms. The van der Waals surface area contributed by atoms with E-state index < -0.39 is 5.60 Å². The molecule has 2 aromatic rings. The maximum atomic E-state index is 11.3. The summed E-state index contributed by atoms with van der Waals surface area (Å²) in [6.07, 6.45) is 1.60. The van der Waals surface area contributed by atoms with Crippen LogP contribution < -0.4 is 9.47 Å². The molecule has 1 aliphatic rings. The molecule has 1 saturated carbocycles. The first kappa shape index (κ1) is 19.3. The van der Waals surface area contributed by atoms with Crippen LogP contribution in [0.3, 0.4) is 0 Å². The van der Waals surface area contributed by atoms with Crippen molar-refractivity contribution in [2.24, 2.45) is 5.92 Å².